The molecule has 1 aromatic rings. The minimum absolute atomic E-state index is 0.0484. The molecule has 0 unspecified atom stereocenters. The zero-order valence-electron chi connectivity index (χ0n) is 12.1. The lowest BCUT2D eigenvalue weighted by Gasteiger charge is -2.21. The number of non-ortho nitro benzene ring substituents is 1. The lowest BCUT2D eigenvalue weighted by molar-refractivity contribution is -0.384. The number of nitro benzene ring substituents is 1. The monoisotopic (exact) mass is 305 g/mol. The number of carbonyl (C=O) groups is 2. The molecule has 8 heteroatoms. The van der Waals surface area contributed by atoms with Gasteiger partial charge in [0.15, 0.2) is 0 Å². The number of esters is 1. The molecule has 8 nitrogen and oxygen atoms in total. The van der Waals surface area contributed by atoms with Gasteiger partial charge in [-0.25, -0.2) is 4.79 Å². The predicted molar refractivity (Wildman–Crippen MR) is 75.8 cm³/mol. The maximum atomic E-state index is 12.1. The minimum atomic E-state index is -1.00. The molecule has 2 atom stereocenters. The molecule has 0 saturated carbocycles. The molecule has 0 aliphatic carbocycles. The lowest BCUT2D eigenvalue weighted by Crippen LogP contribution is -2.45. The van der Waals surface area contributed by atoms with Gasteiger partial charge in [-0.3, -0.25) is 14.9 Å². The molecule has 22 heavy (non-hydrogen) atoms. The van der Waals surface area contributed by atoms with Crippen LogP contribution in [-0.4, -0.2) is 30.0 Å². The minimum Gasteiger partial charge on any atom is -0.467 e. The summed E-state index contributed by atoms with van der Waals surface area (Å²) in [5, 5.41) is 21.9. The normalized spacial score (nSPS) is 12.6. The van der Waals surface area contributed by atoms with Crippen molar-refractivity contribution in [3.8, 4) is 6.07 Å². The third kappa shape index (κ3) is 4.28. The van der Waals surface area contributed by atoms with E-state index in [0.29, 0.717) is 0 Å². The Hall–Kier alpha value is -2.95. The molecule has 0 fully saturated rings. The fourth-order valence-corrected chi connectivity index (χ4v) is 1.81. The Bertz CT molecular complexity index is 623. The van der Waals surface area contributed by atoms with E-state index in [1.54, 1.807) is 6.92 Å². The first kappa shape index (κ1) is 17.1. The van der Waals surface area contributed by atoms with Crippen molar-refractivity contribution in [1.82, 2.24) is 5.32 Å². The van der Waals surface area contributed by atoms with E-state index in [9.17, 15) is 19.7 Å². The second-order valence-electron chi connectivity index (χ2n) is 4.62. The van der Waals surface area contributed by atoms with E-state index in [1.165, 1.54) is 25.3 Å². The first-order valence-electron chi connectivity index (χ1n) is 6.40. The first-order valence-corrected chi connectivity index (χ1v) is 6.40. The number of ether oxygens (including phenoxy) is 1. The van der Waals surface area contributed by atoms with Crippen LogP contribution in [0.2, 0.25) is 0 Å². The highest BCUT2D eigenvalue weighted by Gasteiger charge is 2.28. The SMILES string of the molecule is COC(=O)[C@@H](NC(=O)c1cccc([N+](=O)[O-])c1)[C@@H](C)CC#N. The van der Waals surface area contributed by atoms with E-state index in [2.05, 4.69) is 10.1 Å². The van der Waals surface area contributed by atoms with Gasteiger partial charge in [0.25, 0.3) is 11.6 Å². The van der Waals surface area contributed by atoms with Crippen LogP contribution in [0.5, 0.6) is 0 Å². The summed E-state index contributed by atoms with van der Waals surface area (Å²) in [7, 11) is 1.17. The molecule has 0 bridgehead atoms. The molecule has 0 aliphatic rings. The summed E-state index contributed by atoms with van der Waals surface area (Å²) in [5.74, 6) is -1.79. The number of nitrogens with one attached hydrogen (secondary N) is 1. The fourth-order valence-electron chi connectivity index (χ4n) is 1.81. The van der Waals surface area contributed by atoms with Crippen LogP contribution in [0.15, 0.2) is 24.3 Å². The number of methoxy groups -OCH3 is 1. The molecule has 0 radical (unpaired) electrons. The highest BCUT2D eigenvalue weighted by atomic mass is 16.6. The summed E-state index contributed by atoms with van der Waals surface area (Å²) in [6.45, 7) is 1.62. The highest BCUT2D eigenvalue weighted by molar-refractivity contribution is 5.97. The van der Waals surface area contributed by atoms with Crippen molar-refractivity contribution in [1.29, 1.82) is 5.26 Å². The molecule has 1 aromatic carbocycles. The van der Waals surface area contributed by atoms with Gasteiger partial charge in [0.2, 0.25) is 0 Å². The number of carbonyl (C=O) groups excluding carboxylic acids is 2. The Kier molecular flexibility index (Phi) is 6.01. The van der Waals surface area contributed by atoms with Crippen molar-refractivity contribution in [2.75, 3.05) is 7.11 Å². The largest absolute Gasteiger partial charge is 0.467 e. The highest BCUT2D eigenvalue weighted by Crippen LogP contribution is 2.15. The number of hydrogen-bond donors (Lipinski definition) is 1. The van der Waals surface area contributed by atoms with Gasteiger partial charge in [-0.05, 0) is 6.07 Å². The Morgan fingerprint density at radius 1 is 1.50 bits per heavy atom. The topological polar surface area (TPSA) is 122 Å². The van der Waals surface area contributed by atoms with E-state index in [4.69, 9.17) is 5.26 Å². The van der Waals surface area contributed by atoms with Crippen molar-refractivity contribution in [3.63, 3.8) is 0 Å². The van der Waals surface area contributed by atoms with Crippen molar-refractivity contribution >= 4 is 17.6 Å². The number of hydrogen-bond acceptors (Lipinski definition) is 6. The van der Waals surface area contributed by atoms with Crippen LogP contribution in [0.4, 0.5) is 5.69 Å². The van der Waals surface area contributed by atoms with Crippen LogP contribution in [-0.2, 0) is 9.53 Å². The Labute approximate surface area is 126 Å². The third-order valence-electron chi connectivity index (χ3n) is 3.04. The number of nitro groups is 1. The van der Waals surface area contributed by atoms with Crippen molar-refractivity contribution in [2.24, 2.45) is 5.92 Å². The van der Waals surface area contributed by atoms with Crippen molar-refractivity contribution < 1.29 is 19.2 Å². The number of benzene rings is 1. The van der Waals surface area contributed by atoms with E-state index >= 15 is 0 Å². The lowest BCUT2D eigenvalue weighted by atomic mass is 9.98. The molecular formula is C14H15N3O5. The number of rotatable bonds is 6. The van der Waals surface area contributed by atoms with Crippen LogP contribution in [0.3, 0.4) is 0 Å². The second-order valence-corrected chi connectivity index (χ2v) is 4.62. The maximum Gasteiger partial charge on any atom is 0.328 e. The van der Waals surface area contributed by atoms with E-state index in [0.717, 1.165) is 6.07 Å². The van der Waals surface area contributed by atoms with E-state index in [1.807, 2.05) is 6.07 Å². The van der Waals surface area contributed by atoms with Gasteiger partial charge in [0.1, 0.15) is 6.04 Å². The fraction of sp³-hybridized carbons (Fsp3) is 0.357. The molecule has 0 aromatic heterocycles. The first-order chi connectivity index (χ1) is 10.4. The summed E-state index contributed by atoms with van der Waals surface area (Å²) in [5.41, 5.74) is -0.181. The molecule has 0 aliphatic heterocycles. The van der Waals surface area contributed by atoms with Gasteiger partial charge in [-0.1, -0.05) is 13.0 Å². The molecule has 116 valence electrons. The molecular weight excluding hydrogens is 290 g/mol. The molecule has 1 amide bonds. The summed E-state index contributed by atoms with van der Waals surface area (Å²) in [6.07, 6.45) is 0.0506. The van der Waals surface area contributed by atoms with Crippen LogP contribution < -0.4 is 5.32 Å². The van der Waals surface area contributed by atoms with Gasteiger partial charge in [-0.2, -0.15) is 5.26 Å². The number of nitriles is 1. The summed E-state index contributed by atoms with van der Waals surface area (Å²) in [6, 6.07) is 6.05. The van der Waals surface area contributed by atoms with Crippen LogP contribution in [0.1, 0.15) is 23.7 Å². The molecule has 0 saturated heterocycles. The molecule has 1 N–H and O–H groups in total. The zero-order valence-corrected chi connectivity index (χ0v) is 12.1. The average molecular weight is 305 g/mol. The predicted octanol–water partition coefficient (Wildman–Crippen LogP) is 1.42. The number of nitrogens with zero attached hydrogens (tertiary/aromatic N) is 2. The van der Waals surface area contributed by atoms with Gasteiger partial charge >= 0.3 is 5.97 Å². The van der Waals surface area contributed by atoms with Gasteiger partial charge in [0.05, 0.1) is 18.1 Å². The maximum absolute atomic E-state index is 12.1. The van der Waals surface area contributed by atoms with Gasteiger partial charge < -0.3 is 10.1 Å². The van der Waals surface area contributed by atoms with E-state index < -0.39 is 28.8 Å². The van der Waals surface area contributed by atoms with Crippen molar-refractivity contribution in [3.05, 3.63) is 39.9 Å². The Morgan fingerprint density at radius 2 is 2.18 bits per heavy atom. The summed E-state index contributed by atoms with van der Waals surface area (Å²) >= 11 is 0. The second kappa shape index (κ2) is 7.73. The standard InChI is InChI=1S/C14H15N3O5/c1-9(6-7-15)12(14(19)22-2)16-13(18)10-4-3-5-11(8-10)17(20)21/h3-5,8-9,12H,6H2,1-2H3,(H,16,18)/t9-,12-/m0/s1. The van der Waals surface area contributed by atoms with E-state index in [-0.39, 0.29) is 17.7 Å². The Balaban J connectivity index is 2.96. The third-order valence-corrected chi connectivity index (χ3v) is 3.04. The van der Waals surface area contributed by atoms with Crippen LogP contribution >= 0.6 is 0 Å². The van der Waals surface area contributed by atoms with Crippen molar-refractivity contribution in [2.45, 2.75) is 19.4 Å². The molecule has 0 spiro atoms. The van der Waals surface area contributed by atoms with Crippen LogP contribution in [0, 0.1) is 27.4 Å². The Morgan fingerprint density at radius 3 is 2.73 bits per heavy atom. The quantitative estimate of drug-likeness (QED) is 0.481. The average Bonchev–Trinajstić information content (AvgIpc) is 2.51. The van der Waals surface area contributed by atoms with Gasteiger partial charge in [0, 0.05) is 30.0 Å². The molecule has 1 rings (SSSR count). The number of amides is 1. The zero-order chi connectivity index (χ0) is 16.7. The van der Waals surface area contributed by atoms with Crippen LogP contribution in [0.25, 0.3) is 0 Å². The summed E-state index contributed by atoms with van der Waals surface area (Å²) < 4.78 is 4.61. The smallest absolute Gasteiger partial charge is 0.328 e. The van der Waals surface area contributed by atoms with Gasteiger partial charge in [-0.15, -0.1) is 0 Å². The summed E-state index contributed by atoms with van der Waals surface area (Å²) in [4.78, 5) is 33.9. The molecule has 0 heterocycles.